The number of carbonyl (C=O) groups is 1. The van der Waals surface area contributed by atoms with Crippen LogP contribution in [0, 0.1) is 0 Å². The van der Waals surface area contributed by atoms with E-state index in [9.17, 15) is 4.79 Å². The van der Waals surface area contributed by atoms with Gasteiger partial charge in [0.15, 0.2) is 0 Å². The second-order valence-electron chi connectivity index (χ2n) is 4.34. The van der Waals surface area contributed by atoms with Crippen LogP contribution in [-0.4, -0.2) is 21.6 Å². The Kier molecular flexibility index (Phi) is 6.52. The average molecular weight is 230 g/mol. The van der Waals surface area contributed by atoms with E-state index in [0.29, 0.717) is 5.57 Å². The van der Waals surface area contributed by atoms with Gasteiger partial charge in [-0.25, -0.2) is 4.79 Å². The molecular formula is C11H22O3Si. The Balaban J connectivity index is 3.74. The summed E-state index contributed by atoms with van der Waals surface area (Å²) >= 11 is 0. The topological polar surface area (TPSA) is 35.5 Å². The van der Waals surface area contributed by atoms with E-state index >= 15 is 0 Å². The van der Waals surface area contributed by atoms with Crippen molar-refractivity contribution in [3.63, 3.8) is 0 Å². The van der Waals surface area contributed by atoms with Crippen LogP contribution in [0.15, 0.2) is 12.2 Å². The maximum atomic E-state index is 11.1. The molecule has 0 fully saturated rings. The highest BCUT2D eigenvalue weighted by Gasteiger charge is 2.18. The van der Waals surface area contributed by atoms with Gasteiger partial charge in [0.2, 0.25) is 0 Å². The normalized spacial score (nSPS) is 12.0. The highest BCUT2D eigenvalue weighted by Crippen LogP contribution is 2.17. The second-order valence-corrected chi connectivity index (χ2v) is 5.15. The van der Waals surface area contributed by atoms with Gasteiger partial charge in [-0.15, -0.1) is 0 Å². The Morgan fingerprint density at radius 3 is 2.53 bits per heavy atom. The van der Waals surface area contributed by atoms with Gasteiger partial charge in [-0.05, 0) is 27.2 Å². The van der Waals surface area contributed by atoms with Crippen LogP contribution in [0.25, 0.3) is 0 Å². The average Bonchev–Trinajstić information content (AvgIpc) is 2.14. The van der Waals surface area contributed by atoms with Crippen molar-refractivity contribution in [1.82, 2.24) is 0 Å². The molecule has 0 atom stereocenters. The van der Waals surface area contributed by atoms with Gasteiger partial charge in [0.05, 0.1) is 5.60 Å². The van der Waals surface area contributed by atoms with Crippen molar-refractivity contribution in [2.24, 2.45) is 0 Å². The number of hydrogen-bond acceptors (Lipinski definition) is 3. The number of carbonyl (C=O) groups excluding carboxylic acids is 1. The van der Waals surface area contributed by atoms with Crippen molar-refractivity contribution in [3.05, 3.63) is 12.2 Å². The SMILES string of the molecule is C=C(C)C(=O)O[SiH2]OC(C)(C)CCCC. The van der Waals surface area contributed by atoms with Crippen molar-refractivity contribution >= 4 is 16.0 Å². The fraction of sp³-hybridized carbons (Fsp3) is 0.727. The van der Waals surface area contributed by atoms with Crippen LogP contribution < -0.4 is 0 Å². The molecule has 4 heteroatoms. The number of hydrogen-bond donors (Lipinski definition) is 0. The number of unbranched alkanes of at least 4 members (excludes halogenated alkanes) is 1. The molecule has 0 saturated heterocycles. The van der Waals surface area contributed by atoms with Crippen LogP contribution >= 0.6 is 0 Å². The minimum Gasteiger partial charge on any atom is -0.496 e. The van der Waals surface area contributed by atoms with Gasteiger partial charge in [-0.3, -0.25) is 0 Å². The zero-order valence-corrected chi connectivity index (χ0v) is 11.7. The fourth-order valence-corrected chi connectivity index (χ4v) is 1.92. The molecule has 15 heavy (non-hydrogen) atoms. The summed E-state index contributed by atoms with van der Waals surface area (Å²) < 4.78 is 10.6. The van der Waals surface area contributed by atoms with E-state index in [0.717, 1.165) is 19.3 Å². The summed E-state index contributed by atoms with van der Waals surface area (Å²) in [7, 11) is -1.22. The second kappa shape index (κ2) is 6.79. The first-order valence-corrected chi connectivity index (χ1v) is 6.51. The minimum atomic E-state index is -1.22. The summed E-state index contributed by atoms with van der Waals surface area (Å²) in [4.78, 5) is 11.1. The van der Waals surface area contributed by atoms with Crippen LogP contribution in [0.2, 0.25) is 0 Å². The van der Waals surface area contributed by atoms with E-state index < -0.39 is 10.0 Å². The summed E-state index contributed by atoms with van der Waals surface area (Å²) in [5, 5.41) is 0. The Hall–Kier alpha value is -0.613. The summed E-state index contributed by atoms with van der Waals surface area (Å²) in [6.07, 6.45) is 3.29. The quantitative estimate of drug-likeness (QED) is 0.496. The lowest BCUT2D eigenvalue weighted by Crippen LogP contribution is -2.28. The third kappa shape index (κ3) is 7.33. The maximum absolute atomic E-state index is 11.1. The van der Waals surface area contributed by atoms with Gasteiger partial charge < -0.3 is 8.85 Å². The predicted molar refractivity (Wildman–Crippen MR) is 64.1 cm³/mol. The molecule has 0 bridgehead atoms. The first kappa shape index (κ1) is 14.4. The molecule has 0 aromatic heterocycles. The summed E-state index contributed by atoms with van der Waals surface area (Å²) in [6.45, 7) is 11.4. The highest BCUT2D eigenvalue weighted by atomic mass is 28.3. The molecule has 0 heterocycles. The zero-order valence-electron chi connectivity index (χ0n) is 10.3. The molecule has 0 rings (SSSR count). The molecule has 0 spiro atoms. The molecule has 88 valence electrons. The Morgan fingerprint density at radius 1 is 1.47 bits per heavy atom. The molecule has 0 aromatic rings. The zero-order chi connectivity index (χ0) is 11.9. The minimum absolute atomic E-state index is 0.169. The standard InChI is InChI=1S/C11H22O3Si/c1-6-7-8-11(4,5)14-15-13-10(12)9(2)3/h2,6-8,15H2,1,3-5H3. The third-order valence-electron chi connectivity index (χ3n) is 2.12. The van der Waals surface area contributed by atoms with Crippen LogP contribution in [0.5, 0.6) is 0 Å². The fourth-order valence-electron chi connectivity index (χ4n) is 1.04. The predicted octanol–water partition coefficient (Wildman–Crippen LogP) is 2.09. The van der Waals surface area contributed by atoms with Crippen LogP contribution in [-0.2, 0) is 13.6 Å². The number of rotatable bonds is 7. The summed E-state index contributed by atoms with van der Waals surface area (Å²) in [5.74, 6) is -0.340. The monoisotopic (exact) mass is 230 g/mol. The molecular weight excluding hydrogens is 208 g/mol. The van der Waals surface area contributed by atoms with Crippen molar-refractivity contribution in [1.29, 1.82) is 0 Å². The van der Waals surface area contributed by atoms with E-state index in [1.165, 1.54) is 0 Å². The molecule has 0 radical (unpaired) electrons. The van der Waals surface area contributed by atoms with Crippen LogP contribution in [0.4, 0.5) is 0 Å². The van der Waals surface area contributed by atoms with Crippen molar-refractivity contribution < 1.29 is 13.6 Å². The van der Waals surface area contributed by atoms with E-state index in [4.69, 9.17) is 8.85 Å². The molecule has 0 unspecified atom stereocenters. The summed E-state index contributed by atoms with van der Waals surface area (Å²) in [6, 6.07) is 0. The van der Waals surface area contributed by atoms with Gasteiger partial charge in [0, 0.05) is 5.57 Å². The third-order valence-corrected chi connectivity index (χ3v) is 3.40. The van der Waals surface area contributed by atoms with Gasteiger partial charge in [-0.1, -0.05) is 26.3 Å². The highest BCUT2D eigenvalue weighted by molar-refractivity contribution is 6.23. The van der Waals surface area contributed by atoms with E-state index in [1.54, 1.807) is 6.92 Å². The van der Waals surface area contributed by atoms with Crippen LogP contribution in [0.3, 0.4) is 0 Å². The van der Waals surface area contributed by atoms with Gasteiger partial charge in [0.25, 0.3) is 0 Å². The van der Waals surface area contributed by atoms with Crippen molar-refractivity contribution in [2.75, 3.05) is 0 Å². The maximum Gasteiger partial charge on any atom is 0.369 e. The lowest BCUT2D eigenvalue weighted by molar-refractivity contribution is -0.131. The van der Waals surface area contributed by atoms with Crippen molar-refractivity contribution in [2.45, 2.75) is 52.6 Å². The van der Waals surface area contributed by atoms with Crippen molar-refractivity contribution in [3.8, 4) is 0 Å². The molecule has 0 aromatic carbocycles. The lowest BCUT2D eigenvalue weighted by atomic mass is 10.0. The Bertz CT molecular complexity index is 224. The smallest absolute Gasteiger partial charge is 0.369 e. The van der Waals surface area contributed by atoms with E-state index in [-0.39, 0.29) is 11.6 Å². The van der Waals surface area contributed by atoms with Gasteiger partial charge >= 0.3 is 16.0 Å². The van der Waals surface area contributed by atoms with E-state index in [2.05, 4.69) is 13.5 Å². The largest absolute Gasteiger partial charge is 0.496 e. The molecule has 0 aliphatic carbocycles. The first-order chi connectivity index (χ1) is 6.89. The lowest BCUT2D eigenvalue weighted by Gasteiger charge is -2.25. The van der Waals surface area contributed by atoms with Gasteiger partial charge in [0.1, 0.15) is 0 Å². The van der Waals surface area contributed by atoms with E-state index in [1.807, 2.05) is 13.8 Å². The molecule has 0 saturated carbocycles. The summed E-state index contributed by atoms with van der Waals surface area (Å²) in [5.41, 5.74) is 0.259. The van der Waals surface area contributed by atoms with Crippen LogP contribution in [0.1, 0.15) is 47.0 Å². The molecule has 3 nitrogen and oxygen atoms in total. The van der Waals surface area contributed by atoms with Gasteiger partial charge in [-0.2, -0.15) is 0 Å². The molecule has 0 N–H and O–H groups in total. The molecule has 0 aliphatic heterocycles. The Morgan fingerprint density at radius 2 is 2.07 bits per heavy atom. The molecule has 0 aliphatic rings. The molecule has 0 amide bonds. The Labute approximate surface area is 94.9 Å². The first-order valence-electron chi connectivity index (χ1n) is 5.35.